The van der Waals surface area contributed by atoms with Crippen molar-refractivity contribution in [2.75, 3.05) is 26.2 Å². The third kappa shape index (κ3) is 2.64. The Hall–Kier alpha value is -1.00. The summed E-state index contributed by atoms with van der Waals surface area (Å²) in [6.07, 6.45) is 5.91. The highest BCUT2D eigenvalue weighted by Crippen LogP contribution is 2.34. The number of hydrogen-bond acceptors (Lipinski definition) is 4. The summed E-state index contributed by atoms with van der Waals surface area (Å²) in [7, 11) is 0. The van der Waals surface area contributed by atoms with Crippen LogP contribution >= 0.6 is 0 Å². The average Bonchev–Trinajstić information content (AvgIpc) is 2.28. The van der Waals surface area contributed by atoms with E-state index in [4.69, 9.17) is 4.98 Å². The van der Waals surface area contributed by atoms with E-state index in [9.17, 15) is 0 Å². The first-order chi connectivity index (χ1) is 8.42. The molecule has 0 aromatic carbocycles. The number of nitrogens with one attached hydrogen (secondary N) is 1. The third-order valence-corrected chi connectivity index (χ3v) is 3.83. The second-order valence-electron chi connectivity index (χ2n) is 5.05. The van der Waals surface area contributed by atoms with Gasteiger partial charge in [0, 0.05) is 44.0 Å². The number of hydrogen-bond donors (Lipinski definition) is 1. The Labute approximate surface area is 102 Å². The van der Waals surface area contributed by atoms with Crippen LogP contribution in [0.3, 0.4) is 0 Å². The molecule has 1 N–H and O–H groups in total. The van der Waals surface area contributed by atoms with Crippen molar-refractivity contribution in [2.45, 2.75) is 31.7 Å². The molecule has 2 aliphatic rings. The van der Waals surface area contributed by atoms with Gasteiger partial charge in [-0.3, -0.25) is 4.90 Å². The molecule has 2 fully saturated rings. The van der Waals surface area contributed by atoms with Crippen LogP contribution < -0.4 is 5.32 Å². The summed E-state index contributed by atoms with van der Waals surface area (Å²) in [5.41, 5.74) is 1.26. The lowest BCUT2D eigenvalue weighted by Crippen LogP contribution is -2.43. The minimum atomic E-state index is 0.708. The maximum atomic E-state index is 4.72. The van der Waals surface area contributed by atoms with Gasteiger partial charge in [0.25, 0.3) is 0 Å². The highest BCUT2D eigenvalue weighted by atomic mass is 15.2. The molecule has 0 atom stereocenters. The smallest absolute Gasteiger partial charge is 0.142 e. The molecule has 0 spiro atoms. The maximum Gasteiger partial charge on any atom is 0.142 e. The Morgan fingerprint density at radius 1 is 1.29 bits per heavy atom. The Morgan fingerprint density at radius 2 is 2.12 bits per heavy atom. The monoisotopic (exact) mass is 232 g/mol. The van der Waals surface area contributed by atoms with Crippen LogP contribution in [0.5, 0.6) is 0 Å². The highest BCUT2D eigenvalue weighted by molar-refractivity contribution is 5.11. The van der Waals surface area contributed by atoms with Gasteiger partial charge >= 0.3 is 0 Å². The first-order valence-corrected chi connectivity index (χ1v) is 6.67. The summed E-state index contributed by atoms with van der Waals surface area (Å²) in [6, 6.07) is 2.09. The minimum absolute atomic E-state index is 0.708. The Morgan fingerprint density at radius 3 is 2.82 bits per heavy atom. The lowest BCUT2D eigenvalue weighted by Gasteiger charge is -2.27. The van der Waals surface area contributed by atoms with Gasteiger partial charge in [0.1, 0.15) is 5.82 Å². The summed E-state index contributed by atoms with van der Waals surface area (Å²) in [5, 5.41) is 3.37. The Kier molecular flexibility index (Phi) is 3.34. The van der Waals surface area contributed by atoms with E-state index in [-0.39, 0.29) is 0 Å². The van der Waals surface area contributed by atoms with Crippen molar-refractivity contribution < 1.29 is 0 Å². The van der Waals surface area contributed by atoms with Crippen molar-refractivity contribution in [1.82, 2.24) is 20.2 Å². The molecule has 4 nitrogen and oxygen atoms in total. The highest BCUT2D eigenvalue weighted by Gasteiger charge is 2.21. The van der Waals surface area contributed by atoms with Crippen LogP contribution in [0.2, 0.25) is 0 Å². The van der Waals surface area contributed by atoms with E-state index in [1.807, 2.05) is 6.20 Å². The molecule has 3 rings (SSSR count). The van der Waals surface area contributed by atoms with E-state index >= 15 is 0 Å². The van der Waals surface area contributed by atoms with E-state index in [1.54, 1.807) is 0 Å². The summed E-state index contributed by atoms with van der Waals surface area (Å²) >= 11 is 0. The van der Waals surface area contributed by atoms with Crippen molar-refractivity contribution in [1.29, 1.82) is 0 Å². The molecule has 1 aromatic heterocycles. The molecule has 17 heavy (non-hydrogen) atoms. The summed E-state index contributed by atoms with van der Waals surface area (Å²) < 4.78 is 0. The van der Waals surface area contributed by atoms with E-state index in [0.717, 1.165) is 38.5 Å². The largest absolute Gasteiger partial charge is 0.314 e. The average molecular weight is 232 g/mol. The molecule has 92 valence electrons. The zero-order chi connectivity index (χ0) is 11.5. The molecule has 1 saturated heterocycles. The first kappa shape index (κ1) is 11.1. The van der Waals surface area contributed by atoms with Crippen LogP contribution in [0.25, 0.3) is 0 Å². The summed E-state index contributed by atoms with van der Waals surface area (Å²) in [5.74, 6) is 1.70. The van der Waals surface area contributed by atoms with Gasteiger partial charge in [-0.15, -0.1) is 0 Å². The van der Waals surface area contributed by atoms with Gasteiger partial charge in [0.15, 0.2) is 0 Å². The molecule has 4 heteroatoms. The van der Waals surface area contributed by atoms with E-state index in [2.05, 4.69) is 21.3 Å². The molecule has 1 aliphatic carbocycles. The second kappa shape index (κ2) is 5.10. The molecule has 0 amide bonds. The fourth-order valence-electron chi connectivity index (χ4n) is 2.49. The lowest BCUT2D eigenvalue weighted by atomic mass is 9.83. The van der Waals surface area contributed by atoms with Crippen LogP contribution in [-0.4, -0.2) is 41.0 Å². The zero-order valence-electron chi connectivity index (χ0n) is 10.2. The van der Waals surface area contributed by atoms with E-state index in [1.165, 1.54) is 25.0 Å². The molecule has 2 heterocycles. The van der Waals surface area contributed by atoms with Crippen LogP contribution in [0, 0.1) is 0 Å². The van der Waals surface area contributed by atoms with Gasteiger partial charge < -0.3 is 5.32 Å². The molecular weight excluding hydrogens is 212 g/mol. The van der Waals surface area contributed by atoms with Crippen LogP contribution in [0.4, 0.5) is 0 Å². The van der Waals surface area contributed by atoms with Crippen molar-refractivity contribution >= 4 is 0 Å². The maximum absolute atomic E-state index is 4.72. The van der Waals surface area contributed by atoms with Gasteiger partial charge in [0.05, 0.1) is 6.54 Å². The molecule has 1 aliphatic heterocycles. The fraction of sp³-hybridized carbons (Fsp3) is 0.692. The third-order valence-electron chi connectivity index (χ3n) is 3.83. The SMILES string of the molecule is c1cc(C2CCC2)nc(CN2CCNCC2)n1. The molecule has 0 unspecified atom stereocenters. The normalized spacial score (nSPS) is 22.4. The number of nitrogens with zero attached hydrogens (tertiary/aromatic N) is 3. The quantitative estimate of drug-likeness (QED) is 0.849. The molecule has 1 aromatic rings. The lowest BCUT2D eigenvalue weighted by molar-refractivity contribution is 0.227. The van der Waals surface area contributed by atoms with Gasteiger partial charge in [-0.2, -0.15) is 0 Å². The van der Waals surface area contributed by atoms with Crippen LogP contribution in [0.15, 0.2) is 12.3 Å². The summed E-state index contributed by atoms with van der Waals surface area (Å²) in [4.78, 5) is 11.5. The standard InChI is InChI=1S/C13H20N4/c1-2-11(3-1)12-4-5-15-13(16-12)10-17-8-6-14-7-9-17/h4-5,11,14H,1-3,6-10H2. The van der Waals surface area contributed by atoms with E-state index < -0.39 is 0 Å². The Bertz CT molecular complexity index is 369. The molecule has 0 radical (unpaired) electrons. The van der Waals surface area contributed by atoms with Crippen LogP contribution in [-0.2, 0) is 6.54 Å². The van der Waals surface area contributed by atoms with E-state index in [0.29, 0.717) is 5.92 Å². The first-order valence-electron chi connectivity index (χ1n) is 6.67. The predicted octanol–water partition coefficient (Wildman–Crippen LogP) is 1.15. The molecule has 0 bridgehead atoms. The van der Waals surface area contributed by atoms with Crippen molar-refractivity contribution in [3.05, 3.63) is 23.8 Å². The number of piperazine rings is 1. The molecular formula is C13H20N4. The van der Waals surface area contributed by atoms with Crippen LogP contribution in [0.1, 0.15) is 36.7 Å². The number of aromatic nitrogens is 2. The minimum Gasteiger partial charge on any atom is -0.314 e. The van der Waals surface area contributed by atoms with Gasteiger partial charge in [-0.25, -0.2) is 9.97 Å². The zero-order valence-corrected chi connectivity index (χ0v) is 10.2. The fourth-order valence-corrected chi connectivity index (χ4v) is 2.49. The predicted molar refractivity (Wildman–Crippen MR) is 66.8 cm³/mol. The van der Waals surface area contributed by atoms with Gasteiger partial charge in [-0.1, -0.05) is 6.42 Å². The second-order valence-corrected chi connectivity index (χ2v) is 5.05. The van der Waals surface area contributed by atoms with Gasteiger partial charge in [0.2, 0.25) is 0 Å². The number of rotatable bonds is 3. The Balaban J connectivity index is 1.65. The molecule has 1 saturated carbocycles. The topological polar surface area (TPSA) is 41.1 Å². The summed E-state index contributed by atoms with van der Waals surface area (Å²) in [6.45, 7) is 5.29. The van der Waals surface area contributed by atoms with Crippen molar-refractivity contribution in [3.8, 4) is 0 Å². The van der Waals surface area contributed by atoms with Crippen molar-refractivity contribution in [2.24, 2.45) is 0 Å². The van der Waals surface area contributed by atoms with Crippen molar-refractivity contribution in [3.63, 3.8) is 0 Å². The van der Waals surface area contributed by atoms with Gasteiger partial charge in [-0.05, 0) is 18.9 Å².